The van der Waals surface area contributed by atoms with E-state index in [2.05, 4.69) is 20.4 Å². The van der Waals surface area contributed by atoms with Crippen molar-refractivity contribution in [1.29, 1.82) is 0 Å². The zero-order chi connectivity index (χ0) is 15.9. The number of rotatable bonds is 5. The quantitative estimate of drug-likeness (QED) is 0.230. The normalized spacial score (nSPS) is 11.0. The summed E-state index contributed by atoms with van der Waals surface area (Å²) in [5, 5.41) is 6.10. The van der Waals surface area contributed by atoms with Crippen LogP contribution in [0.15, 0.2) is 41.8 Å². The highest BCUT2D eigenvalue weighted by molar-refractivity contribution is 5.97. The number of amidine groups is 1. The van der Waals surface area contributed by atoms with E-state index >= 15 is 0 Å². The molecular formula is C14H14N6O2. The Morgan fingerprint density at radius 2 is 2.00 bits per heavy atom. The zero-order valence-corrected chi connectivity index (χ0v) is 11.6. The third-order valence-corrected chi connectivity index (χ3v) is 2.88. The predicted molar refractivity (Wildman–Crippen MR) is 79.9 cm³/mol. The molecule has 0 saturated carbocycles. The Balaban J connectivity index is 2.00. The molecule has 0 aliphatic rings. The minimum absolute atomic E-state index is 0.133. The van der Waals surface area contributed by atoms with Crippen LogP contribution in [0.5, 0.6) is 0 Å². The van der Waals surface area contributed by atoms with Crippen molar-refractivity contribution in [2.24, 2.45) is 16.7 Å². The van der Waals surface area contributed by atoms with E-state index in [-0.39, 0.29) is 17.2 Å². The second-order valence-electron chi connectivity index (χ2n) is 4.34. The van der Waals surface area contributed by atoms with Crippen molar-refractivity contribution in [2.45, 2.75) is 6.54 Å². The summed E-state index contributed by atoms with van der Waals surface area (Å²) >= 11 is 0. The number of benzene rings is 1. The molecule has 22 heavy (non-hydrogen) atoms. The van der Waals surface area contributed by atoms with E-state index in [0.717, 1.165) is 5.56 Å². The van der Waals surface area contributed by atoms with Gasteiger partial charge in [0.15, 0.2) is 6.29 Å². The number of carbonyl (C=O) groups excluding carboxylic acids is 2. The fourth-order valence-corrected chi connectivity index (χ4v) is 1.70. The number of nitrogens with two attached hydrogens (primary N) is 2. The second kappa shape index (κ2) is 6.93. The van der Waals surface area contributed by atoms with Crippen LogP contribution in [0, 0.1) is 0 Å². The van der Waals surface area contributed by atoms with Crippen molar-refractivity contribution in [1.82, 2.24) is 15.3 Å². The summed E-state index contributed by atoms with van der Waals surface area (Å²) in [6.07, 6.45) is 1.73. The van der Waals surface area contributed by atoms with Gasteiger partial charge in [-0.25, -0.2) is 9.97 Å². The maximum Gasteiger partial charge on any atom is 0.270 e. The lowest BCUT2D eigenvalue weighted by Crippen LogP contribution is -2.24. The summed E-state index contributed by atoms with van der Waals surface area (Å²) in [6, 6.07) is 8.42. The first kappa shape index (κ1) is 15.1. The molecule has 0 radical (unpaired) electrons. The van der Waals surface area contributed by atoms with E-state index in [4.69, 9.17) is 11.6 Å². The van der Waals surface area contributed by atoms with Crippen molar-refractivity contribution in [3.63, 3.8) is 0 Å². The second-order valence-corrected chi connectivity index (χ2v) is 4.34. The summed E-state index contributed by atoms with van der Waals surface area (Å²) in [6.45, 7) is 0.305. The molecule has 0 bridgehead atoms. The SMILES string of the molecule is N/N=C(\N)c1ccc(CNC(=O)c2cc(C=O)ncn2)cc1. The fraction of sp³-hybridized carbons (Fsp3) is 0.0714. The van der Waals surface area contributed by atoms with Gasteiger partial charge in [0.2, 0.25) is 0 Å². The maximum atomic E-state index is 11.9. The Kier molecular flexibility index (Phi) is 4.76. The molecule has 5 N–H and O–H groups in total. The number of hydrogen-bond acceptors (Lipinski definition) is 6. The van der Waals surface area contributed by atoms with Crippen molar-refractivity contribution in [3.8, 4) is 0 Å². The molecule has 1 amide bonds. The highest BCUT2D eigenvalue weighted by Gasteiger charge is 2.08. The van der Waals surface area contributed by atoms with Gasteiger partial charge in [0, 0.05) is 12.1 Å². The fourth-order valence-electron chi connectivity index (χ4n) is 1.70. The maximum absolute atomic E-state index is 11.9. The Morgan fingerprint density at radius 3 is 2.64 bits per heavy atom. The van der Waals surface area contributed by atoms with Gasteiger partial charge in [-0.2, -0.15) is 5.10 Å². The average molecular weight is 298 g/mol. The van der Waals surface area contributed by atoms with Gasteiger partial charge in [0.25, 0.3) is 5.91 Å². The number of aromatic nitrogens is 2. The molecule has 1 aromatic carbocycles. The van der Waals surface area contributed by atoms with Gasteiger partial charge in [0.1, 0.15) is 23.6 Å². The lowest BCUT2D eigenvalue weighted by Gasteiger charge is -2.06. The molecular weight excluding hydrogens is 284 g/mol. The van der Waals surface area contributed by atoms with Crippen molar-refractivity contribution in [3.05, 3.63) is 59.2 Å². The Hall–Kier alpha value is -3.29. The monoisotopic (exact) mass is 298 g/mol. The first-order chi connectivity index (χ1) is 10.6. The van der Waals surface area contributed by atoms with Gasteiger partial charge in [-0.05, 0) is 11.6 Å². The molecule has 0 fully saturated rings. The Bertz CT molecular complexity index is 712. The van der Waals surface area contributed by atoms with Crippen LogP contribution < -0.4 is 16.9 Å². The summed E-state index contributed by atoms with van der Waals surface area (Å²) in [5.74, 6) is 4.94. The van der Waals surface area contributed by atoms with Gasteiger partial charge in [-0.1, -0.05) is 24.3 Å². The van der Waals surface area contributed by atoms with Gasteiger partial charge < -0.3 is 16.9 Å². The van der Waals surface area contributed by atoms with Crippen molar-refractivity contribution >= 4 is 18.0 Å². The molecule has 2 aromatic rings. The highest BCUT2D eigenvalue weighted by Crippen LogP contribution is 2.04. The minimum Gasteiger partial charge on any atom is -0.382 e. The first-order valence-electron chi connectivity index (χ1n) is 6.32. The van der Waals surface area contributed by atoms with Gasteiger partial charge in [0.05, 0.1) is 0 Å². The van der Waals surface area contributed by atoms with Crippen LogP contribution in [0.4, 0.5) is 0 Å². The molecule has 0 saturated heterocycles. The summed E-state index contributed by atoms with van der Waals surface area (Å²) < 4.78 is 0. The van der Waals surface area contributed by atoms with Crippen LogP contribution in [-0.4, -0.2) is 28.0 Å². The molecule has 1 aromatic heterocycles. The van der Waals surface area contributed by atoms with Crippen LogP contribution in [0.25, 0.3) is 0 Å². The molecule has 0 spiro atoms. The predicted octanol–water partition coefficient (Wildman–Crippen LogP) is -0.202. The van der Waals surface area contributed by atoms with Crippen LogP contribution in [0.2, 0.25) is 0 Å². The van der Waals surface area contributed by atoms with Gasteiger partial charge in [-0.15, -0.1) is 0 Å². The third-order valence-electron chi connectivity index (χ3n) is 2.88. The largest absolute Gasteiger partial charge is 0.382 e. The molecule has 2 rings (SSSR count). The third kappa shape index (κ3) is 3.63. The number of aldehydes is 1. The Morgan fingerprint density at radius 1 is 1.27 bits per heavy atom. The number of hydrazone groups is 1. The summed E-state index contributed by atoms with van der Waals surface area (Å²) in [7, 11) is 0. The van der Waals surface area contributed by atoms with E-state index in [1.165, 1.54) is 12.4 Å². The topological polar surface area (TPSA) is 136 Å². The van der Waals surface area contributed by atoms with E-state index in [1.54, 1.807) is 24.3 Å². The first-order valence-corrected chi connectivity index (χ1v) is 6.32. The highest BCUT2D eigenvalue weighted by atomic mass is 16.1. The summed E-state index contributed by atoms with van der Waals surface area (Å²) in [4.78, 5) is 30.1. The van der Waals surface area contributed by atoms with E-state index in [0.29, 0.717) is 18.4 Å². The van der Waals surface area contributed by atoms with E-state index in [1.807, 2.05) is 0 Å². The average Bonchev–Trinajstić information content (AvgIpc) is 2.59. The van der Waals surface area contributed by atoms with E-state index < -0.39 is 5.91 Å². The summed E-state index contributed by atoms with van der Waals surface area (Å²) in [5.41, 5.74) is 7.43. The minimum atomic E-state index is -0.391. The smallest absolute Gasteiger partial charge is 0.270 e. The standard InChI is InChI=1S/C14H14N6O2/c15-13(20-16)10-3-1-9(2-4-10)6-17-14(22)12-5-11(7-21)18-8-19-12/h1-5,7-8H,6,16H2,(H2,15,20)(H,17,22). The molecule has 0 atom stereocenters. The number of amides is 1. The van der Waals surface area contributed by atoms with E-state index in [9.17, 15) is 9.59 Å². The molecule has 0 aliphatic heterocycles. The van der Waals surface area contributed by atoms with Crippen LogP contribution in [-0.2, 0) is 6.54 Å². The van der Waals surface area contributed by atoms with Gasteiger partial charge in [-0.3, -0.25) is 9.59 Å². The number of carbonyl (C=O) groups is 2. The molecule has 0 aliphatic carbocycles. The van der Waals surface area contributed by atoms with Gasteiger partial charge >= 0.3 is 0 Å². The van der Waals surface area contributed by atoms with Crippen molar-refractivity contribution in [2.75, 3.05) is 0 Å². The lowest BCUT2D eigenvalue weighted by atomic mass is 10.1. The zero-order valence-electron chi connectivity index (χ0n) is 11.6. The van der Waals surface area contributed by atoms with Crippen LogP contribution >= 0.6 is 0 Å². The Labute approximate surface area is 126 Å². The number of nitrogens with one attached hydrogen (secondary N) is 1. The van der Waals surface area contributed by atoms with Crippen molar-refractivity contribution < 1.29 is 9.59 Å². The molecule has 112 valence electrons. The van der Waals surface area contributed by atoms with Crippen LogP contribution in [0.3, 0.4) is 0 Å². The number of hydrogen-bond donors (Lipinski definition) is 3. The molecule has 1 heterocycles. The molecule has 0 unspecified atom stereocenters. The molecule has 8 heteroatoms. The number of nitrogens with zero attached hydrogens (tertiary/aromatic N) is 3. The van der Waals surface area contributed by atoms with Crippen LogP contribution in [0.1, 0.15) is 32.1 Å². The molecule has 8 nitrogen and oxygen atoms in total. The lowest BCUT2D eigenvalue weighted by molar-refractivity contribution is 0.0945.